The summed E-state index contributed by atoms with van der Waals surface area (Å²) in [6, 6.07) is 6.61. The van der Waals surface area contributed by atoms with Crippen molar-refractivity contribution < 1.29 is 13.2 Å². The second kappa shape index (κ2) is 8.18. The van der Waals surface area contributed by atoms with Crippen LogP contribution in [0.4, 0.5) is 24.5 Å². The molecular weight excluding hydrogens is 425 g/mol. The number of nitrogens with zero attached hydrogens (tertiary/aromatic N) is 2. The molecule has 0 radical (unpaired) electrons. The summed E-state index contributed by atoms with van der Waals surface area (Å²) in [5.41, 5.74) is 8.75. The Morgan fingerprint density at radius 3 is 2.94 bits per heavy atom. The molecule has 4 rings (SSSR count). The number of aromatic nitrogens is 2. The number of benzene rings is 1. The van der Waals surface area contributed by atoms with E-state index in [1.165, 1.54) is 11.3 Å². The van der Waals surface area contributed by atoms with Crippen molar-refractivity contribution in [2.45, 2.75) is 32.0 Å². The van der Waals surface area contributed by atoms with Crippen molar-refractivity contribution >= 4 is 45.3 Å². The van der Waals surface area contributed by atoms with Crippen molar-refractivity contribution in [1.82, 2.24) is 9.97 Å². The quantitative estimate of drug-likeness (QED) is 0.295. The molecule has 1 aromatic carbocycles. The van der Waals surface area contributed by atoms with E-state index in [9.17, 15) is 13.2 Å². The summed E-state index contributed by atoms with van der Waals surface area (Å²) >= 11 is 1.53. The van der Waals surface area contributed by atoms with Crippen molar-refractivity contribution in [2.75, 3.05) is 5.32 Å². The Balaban J connectivity index is 1.53. The molecular formula is C21H21F3N6S. The zero-order chi connectivity index (χ0) is 22.2. The number of hydrogen-bond acceptors (Lipinski definition) is 5. The second-order valence-electron chi connectivity index (χ2n) is 7.45. The number of aromatic amines is 1. The van der Waals surface area contributed by atoms with Crippen LogP contribution in [-0.4, -0.2) is 21.5 Å². The molecule has 2 atom stereocenters. The van der Waals surface area contributed by atoms with E-state index in [4.69, 9.17) is 11.1 Å². The van der Waals surface area contributed by atoms with Crippen molar-refractivity contribution in [3.05, 3.63) is 52.5 Å². The predicted octanol–water partition coefficient (Wildman–Crippen LogP) is 5.79. The largest absolute Gasteiger partial charge is 0.449 e. The van der Waals surface area contributed by atoms with Gasteiger partial charge in [0.1, 0.15) is 5.84 Å². The van der Waals surface area contributed by atoms with Crippen LogP contribution in [-0.2, 0) is 6.18 Å². The number of rotatable bonds is 5. The number of halogens is 3. The Morgan fingerprint density at radius 1 is 1.39 bits per heavy atom. The summed E-state index contributed by atoms with van der Waals surface area (Å²) in [5, 5.41) is 13.1. The van der Waals surface area contributed by atoms with Crippen LogP contribution in [0.25, 0.3) is 11.0 Å². The van der Waals surface area contributed by atoms with Gasteiger partial charge >= 0.3 is 6.18 Å². The normalized spacial score (nSPS) is 18.5. The highest BCUT2D eigenvalue weighted by Crippen LogP contribution is 2.35. The third-order valence-electron chi connectivity index (χ3n) is 5.07. The molecule has 2 heterocycles. The molecule has 162 valence electrons. The second-order valence-corrected chi connectivity index (χ2v) is 8.40. The van der Waals surface area contributed by atoms with Gasteiger partial charge in [0.2, 0.25) is 5.82 Å². The summed E-state index contributed by atoms with van der Waals surface area (Å²) in [6.07, 6.45) is 0.544. The monoisotopic (exact) mass is 446 g/mol. The maximum absolute atomic E-state index is 12.9. The van der Waals surface area contributed by atoms with E-state index in [1.807, 2.05) is 24.4 Å². The lowest BCUT2D eigenvalue weighted by Gasteiger charge is -2.18. The van der Waals surface area contributed by atoms with Crippen LogP contribution in [0.1, 0.15) is 36.5 Å². The smallest absolute Gasteiger partial charge is 0.387 e. The molecule has 0 saturated carbocycles. The third-order valence-corrected chi connectivity index (χ3v) is 6.16. The van der Waals surface area contributed by atoms with Crippen molar-refractivity contribution in [3.63, 3.8) is 0 Å². The van der Waals surface area contributed by atoms with E-state index in [1.54, 1.807) is 24.3 Å². The molecule has 2 unspecified atom stereocenters. The van der Waals surface area contributed by atoms with Gasteiger partial charge in [-0.3, -0.25) is 0 Å². The van der Waals surface area contributed by atoms with E-state index in [0.717, 1.165) is 17.0 Å². The summed E-state index contributed by atoms with van der Waals surface area (Å²) < 4.78 is 38.6. The molecule has 0 amide bonds. The third kappa shape index (κ3) is 4.63. The molecule has 1 aliphatic rings. The van der Waals surface area contributed by atoms with Gasteiger partial charge in [-0.05, 0) is 55.5 Å². The van der Waals surface area contributed by atoms with Gasteiger partial charge in [-0.25, -0.2) is 9.98 Å². The Hall–Kier alpha value is -3.14. The number of alkyl halides is 3. The lowest BCUT2D eigenvalue weighted by atomic mass is 9.92. The lowest BCUT2D eigenvalue weighted by molar-refractivity contribution is -0.144. The highest BCUT2D eigenvalue weighted by atomic mass is 32.1. The summed E-state index contributed by atoms with van der Waals surface area (Å²) in [4.78, 5) is 11.5. The minimum atomic E-state index is -4.52. The zero-order valence-electron chi connectivity index (χ0n) is 16.6. The van der Waals surface area contributed by atoms with E-state index >= 15 is 0 Å². The van der Waals surface area contributed by atoms with E-state index in [0.29, 0.717) is 29.2 Å². The van der Waals surface area contributed by atoms with Crippen LogP contribution in [0.5, 0.6) is 0 Å². The van der Waals surface area contributed by atoms with Crippen LogP contribution in [0.2, 0.25) is 0 Å². The molecule has 0 bridgehead atoms. The van der Waals surface area contributed by atoms with E-state index in [2.05, 4.69) is 20.3 Å². The molecule has 31 heavy (non-hydrogen) atoms. The topological polar surface area (TPSA) is 103 Å². The summed E-state index contributed by atoms with van der Waals surface area (Å²) in [7, 11) is 0. The molecule has 3 aromatic rings. The van der Waals surface area contributed by atoms with Gasteiger partial charge in [0.15, 0.2) is 0 Å². The molecule has 6 nitrogen and oxygen atoms in total. The Morgan fingerprint density at radius 2 is 2.19 bits per heavy atom. The van der Waals surface area contributed by atoms with Gasteiger partial charge in [-0.2, -0.15) is 13.2 Å². The fourth-order valence-electron chi connectivity index (χ4n) is 3.53. The van der Waals surface area contributed by atoms with Crippen molar-refractivity contribution in [1.29, 1.82) is 5.41 Å². The predicted molar refractivity (Wildman–Crippen MR) is 118 cm³/mol. The number of allylic oxidation sites excluding steroid dienone is 2. The minimum Gasteiger partial charge on any atom is -0.387 e. The van der Waals surface area contributed by atoms with Gasteiger partial charge in [0.05, 0.1) is 27.6 Å². The number of anilines is 1. The molecule has 0 fully saturated rings. The number of nitrogens with two attached hydrogens (primary N) is 1. The highest BCUT2D eigenvalue weighted by molar-refractivity contribution is 7.10. The number of amidine groups is 1. The van der Waals surface area contributed by atoms with Gasteiger partial charge in [-0.1, -0.05) is 6.08 Å². The standard InChI is InChI=1S/C21H21F3N6S/c1-11(27-14-5-6-15-17(10-14)30-20(29-15)21(22,23)24)18-16(7-8-31-18)28-19(26)12-3-2-4-13(25)9-12/h2,4-8,10-12,25,27H,3,9H2,1H3,(H2,26,28)(H,29,30). The van der Waals surface area contributed by atoms with Gasteiger partial charge in [-0.15, -0.1) is 11.3 Å². The molecule has 0 spiro atoms. The van der Waals surface area contributed by atoms with Crippen LogP contribution < -0.4 is 11.1 Å². The average Bonchev–Trinajstić information content (AvgIpc) is 3.34. The first-order valence-corrected chi connectivity index (χ1v) is 10.6. The number of thiophene rings is 1. The van der Waals surface area contributed by atoms with Crippen molar-refractivity contribution in [3.8, 4) is 0 Å². The first kappa shape index (κ1) is 21.1. The molecule has 5 N–H and O–H groups in total. The Kier molecular flexibility index (Phi) is 5.57. The maximum Gasteiger partial charge on any atom is 0.449 e. The SMILES string of the molecule is CC(Nc1ccc2nc(C(F)(F)F)[nH]c2c1)c1sccc1N=C(N)C1CC=CC(=N)C1. The summed E-state index contributed by atoms with van der Waals surface area (Å²) in [6.45, 7) is 1.96. The highest BCUT2D eigenvalue weighted by Gasteiger charge is 2.34. The number of imidazole rings is 1. The molecule has 1 aliphatic carbocycles. The number of hydrogen-bond donors (Lipinski definition) is 4. The van der Waals surface area contributed by atoms with Gasteiger partial charge < -0.3 is 21.4 Å². The minimum absolute atomic E-state index is 0.0131. The number of aliphatic imine (C=N–C) groups is 1. The van der Waals surface area contributed by atoms with Crippen molar-refractivity contribution in [2.24, 2.45) is 16.6 Å². The number of H-pyrrole nitrogens is 1. The van der Waals surface area contributed by atoms with Crippen LogP contribution >= 0.6 is 11.3 Å². The number of nitrogens with one attached hydrogen (secondary N) is 3. The Labute approximate surface area is 180 Å². The first-order chi connectivity index (χ1) is 14.7. The van der Waals surface area contributed by atoms with Crippen LogP contribution in [0.15, 0.2) is 46.8 Å². The molecule has 0 aliphatic heterocycles. The average molecular weight is 447 g/mol. The maximum atomic E-state index is 12.9. The molecule has 0 saturated heterocycles. The molecule has 2 aromatic heterocycles. The lowest BCUT2D eigenvalue weighted by Crippen LogP contribution is -2.26. The fraction of sp³-hybridized carbons (Fsp3) is 0.286. The van der Waals surface area contributed by atoms with Crippen LogP contribution in [0, 0.1) is 11.3 Å². The summed E-state index contributed by atoms with van der Waals surface area (Å²) in [5.74, 6) is -0.498. The number of fused-ring (bicyclic) bond motifs is 1. The zero-order valence-corrected chi connectivity index (χ0v) is 17.4. The van der Waals surface area contributed by atoms with E-state index < -0.39 is 12.0 Å². The first-order valence-electron chi connectivity index (χ1n) is 9.69. The van der Waals surface area contributed by atoms with Gasteiger partial charge in [0.25, 0.3) is 0 Å². The van der Waals surface area contributed by atoms with Gasteiger partial charge in [0, 0.05) is 17.3 Å². The fourth-order valence-corrected chi connectivity index (χ4v) is 4.37. The Bertz CT molecular complexity index is 1170. The molecule has 10 heteroatoms. The van der Waals surface area contributed by atoms with E-state index in [-0.39, 0.29) is 17.5 Å². The van der Waals surface area contributed by atoms with Crippen LogP contribution in [0.3, 0.4) is 0 Å².